The Kier molecular flexibility index (Phi) is 4.54. The zero-order valence-electron chi connectivity index (χ0n) is 10.3. The minimum Gasteiger partial charge on any atom is -0.321 e. The van der Waals surface area contributed by atoms with Crippen LogP contribution in [0.5, 0.6) is 0 Å². The van der Waals surface area contributed by atoms with Crippen LogP contribution in [0, 0.1) is 15.9 Å². The topological polar surface area (TPSA) is 72.2 Å². The molecular weight excluding hydrogens is 367 g/mol. The van der Waals surface area contributed by atoms with Crippen molar-refractivity contribution in [2.45, 2.75) is 0 Å². The molecule has 0 aromatic heterocycles. The molecule has 2 aromatic rings. The van der Waals surface area contributed by atoms with Crippen molar-refractivity contribution in [3.8, 4) is 0 Å². The fourth-order valence-electron chi connectivity index (χ4n) is 1.58. The molecule has 8 heteroatoms. The Balaban J connectivity index is 2.28. The van der Waals surface area contributed by atoms with E-state index < -0.39 is 22.3 Å². The molecule has 1 amide bonds. The average Bonchev–Trinajstić information content (AvgIpc) is 2.42. The maximum Gasteiger partial charge on any atom is 0.305 e. The number of carbonyl (C=O) groups excluding carboxylic acids is 1. The smallest absolute Gasteiger partial charge is 0.305 e. The summed E-state index contributed by atoms with van der Waals surface area (Å²) in [5.41, 5.74) is -0.334. The quantitative estimate of drug-likeness (QED) is 0.640. The standard InChI is InChI=1S/C13H7BrClFN2O3/c14-9-6-8(15)2-4-11(9)17-13(19)7-1-3-10(16)12(5-7)18(20)21/h1-6H,(H,17,19). The molecule has 2 aromatic carbocycles. The zero-order chi connectivity index (χ0) is 15.6. The van der Waals surface area contributed by atoms with Gasteiger partial charge < -0.3 is 5.32 Å². The molecule has 2 rings (SSSR count). The highest BCUT2D eigenvalue weighted by Gasteiger charge is 2.18. The summed E-state index contributed by atoms with van der Waals surface area (Å²) in [7, 11) is 0. The second-order valence-electron chi connectivity index (χ2n) is 4.00. The highest BCUT2D eigenvalue weighted by Crippen LogP contribution is 2.27. The van der Waals surface area contributed by atoms with Gasteiger partial charge in [-0.3, -0.25) is 14.9 Å². The average molecular weight is 374 g/mol. The van der Waals surface area contributed by atoms with Crippen molar-refractivity contribution >= 4 is 44.8 Å². The van der Waals surface area contributed by atoms with Gasteiger partial charge in [-0.05, 0) is 46.3 Å². The minimum absolute atomic E-state index is 0.0232. The number of hydrogen-bond acceptors (Lipinski definition) is 3. The molecule has 0 aliphatic carbocycles. The molecule has 108 valence electrons. The number of carbonyl (C=O) groups is 1. The van der Waals surface area contributed by atoms with Gasteiger partial charge in [0, 0.05) is 21.1 Å². The number of nitro benzene ring substituents is 1. The molecule has 5 nitrogen and oxygen atoms in total. The normalized spacial score (nSPS) is 10.2. The number of rotatable bonds is 3. The Morgan fingerprint density at radius 1 is 1.29 bits per heavy atom. The first-order chi connectivity index (χ1) is 9.88. The number of halogens is 3. The Labute approximate surface area is 132 Å². The molecule has 0 bridgehead atoms. The van der Waals surface area contributed by atoms with Gasteiger partial charge in [-0.25, -0.2) is 0 Å². The van der Waals surface area contributed by atoms with Crippen molar-refractivity contribution < 1.29 is 14.1 Å². The van der Waals surface area contributed by atoms with Crippen molar-refractivity contribution in [2.24, 2.45) is 0 Å². The predicted molar refractivity (Wildman–Crippen MR) is 80.2 cm³/mol. The highest BCUT2D eigenvalue weighted by atomic mass is 79.9. The zero-order valence-corrected chi connectivity index (χ0v) is 12.6. The molecule has 0 saturated carbocycles. The lowest BCUT2D eigenvalue weighted by molar-refractivity contribution is -0.387. The van der Waals surface area contributed by atoms with E-state index in [-0.39, 0.29) is 5.56 Å². The summed E-state index contributed by atoms with van der Waals surface area (Å²) in [5, 5.41) is 13.7. The van der Waals surface area contributed by atoms with Crippen molar-refractivity contribution in [2.75, 3.05) is 5.32 Å². The van der Waals surface area contributed by atoms with Gasteiger partial charge in [0.1, 0.15) is 0 Å². The van der Waals surface area contributed by atoms with Gasteiger partial charge in [0.05, 0.1) is 10.6 Å². The molecule has 0 spiro atoms. The number of hydrogen-bond donors (Lipinski definition) is 1. The summed E-state index contributed by atoms with van der Waals surface area (Å²) in [4.78, 5) is 21.8. The Morgan fingerprint density at radius 2 is 2.00 bits per heavy atom. The second-order valence-corrected chi connectivity index (χ2v) is 5.29. The maximum absolute atomic E-state index is 13.2. The number of nitro groups is 1. The second kappa shape index (κ2) is 6.19. The van der Waals surface area contributed by atoms with Gasteiger partial charge in [0.2, 0.25) is 5.82 Å². The third kappa shape index (κ3) is 3.56. The summed E-state index contributed by atoms with van der Waals surface area (Å²) in [6.45, 7) is 0. The van der Waals surface area contributed by atoms with Crippen LogP contribution >= 0.6 is 27.5 Å². The van der Waals surface area contributed by atoms with E-state index in [0.717, 1.165) is 12.1 Å². The van der Waals surface area contributed by atoms with Crippen molar-refractivity contribution in [3.63, 3.8) is 0 Å². The summed E-state index contributed by atoms with van der Waals surface area (Å²) >= 11 is 9.01. The molecule has 0 unspecified atom stereocenters. The SMILES string of the molecule is O=C(Nc1ccc(Cl)cc1Br)c1ccc(F)c([N+](=O)[O-])c1. The lowest BCUT2D eigenvalue weighted by Gasteiger charge is -2.08. The van der Waals surface area contributed by atoms with E-state index in [2.05, 4.69) is 21.2 Å². The van der Waals surface area contributed by atoms with Gasteiger partial charge in [-0.15, -0.1) is 0 Å². The highest BCUT2D eigenvalue weighted by molar-refractivity contribution is 9.10. The largest absolute Gasteiger partial charge is 0.321 e. The molecule has 0 fully saturated rings. The van der Waals surface area contributed by atoms with E-state index in [1.807, 2.05) is 0 Å². The molecule has 0 atom stereocenters. The summed E-state index contributed by atoms with van der Waals surface area (Å²) in [6, 6.07) is 7.67. The number of amides is 1. The summed E-state index contributed by atoms with van der Waals surface area (Å²) < 4.78 is 13.8. The Hall–Kier alpha value is -1.99. The van der Waals surface area contributed by atoms with Crippen molar-refractivity contribution in [1.29, 1.82) is 0 Å². The van der Waals surface area contributed by atoms with E-state index in [0.29, 0.717) is 15.2 Å². The number of nitrogens with one attached hydrogen (secondary N) is 1. The van der Waals surface area contributed by atoms with Gasteiger partial charge in [0.15, 0.2) is 0 Å². The number of benzene rings is 2. The summed E-state index contributed by atoms with van der Waals surface area (Å²) in [5.74, 6) is -1.59. The predicted octanol–water partition coefficient (Wildman–Crippen LogP) is 4.40. The number of anilines is 1. The summed E-state index contributed by atoms with van der Waals surface area (Å²) in [6.07, 6.45) is 0. The Morgan fingerprint density at radius 3 is 2.62 bits per heavy atom. The van der Waals surface area contributed by atoms with Gasteiger partial charge in [-0.2, -0.15) is 4.39 Å². The fourth-order valence-corrected chi connectivity index (χ4v) is 2.36. The monoisotopic (exact) mass is 372 g/mol. The van der Waals surface area contributed by atoms with Crippen molar-refractivity contribution in [1.82, 2.24) is 0 Å². The molecule has 0 heterocycles. The lowest BCUT2D eigenvalue weighted by atomic mass is 10.1. The molecule has 0 saturated heterocycles. The molecular formula is C13H7BrClFN2O3. The van der Waals surface area contributed by atoms with E-state index in [1.165, 1.54) is 6.07 Å². The van der Waals surface area contributed by atoms with Crippen LogP contribution in [0.2, 0.25) is 5.02 Å². The van der Waals surface area contributed by atoms with Crippen LogP contribution in [-0.4, -0.2) is 10.8 Å². The molecule has 0 radical (unpaired) electrons. The van der Waals surface area contributed by atoms with E-state index in [1.54, 1.807) is 18.2 Å². The van der Waals surface area contributed by atoms with Gasteiger partial charge >= 0.3 is 5.69 Å². The fraction of sp³-hybridized carbons (Fsp3) is 0. The van der Waals surface area contributed by atoms with E-state index in [9.17, 15) is 19.3 Å². The first kappa shape index (κ1) is 15.4. The molecule has 21 heavy (non-hydrogen) atoms. The first-order valence-electron chi connectivity index (χ1n) is 5.59. The molecule has 1 N–H and O–H groups in total. The van der Waals surface area contributed by atoms with E-state index >= 15 is 0 Å². The van der Waals surface area contributed by atoms with Crippen LogP contribution in [0.25, 0.3) is 0 Å². The van der Waals surface area contributed by atoms with Crippen LogP contribution in [0.15, 0.2) is 40.9 Å². The van der Waals surface area contributed by atoms with E-state index in [4.69, 9.17) is 11.6 Å². The first-order valence-corrected chi connectivity index (χ1v) is 6.76. The van der Waals surface area contributed by atoms with Crippen LogP contribution < -0.4 is 5.32 Å². The Bertz CT molecular complexity index is 739. The third-order valence-electron chi connectivity index (χ3n) is 2.58. The van der Waals surface area contributed by atoms with Crippen molar-refractivity contribution in [3.05, 3.63) is 67.4 Å². The van der Waals surface area contributed by atoms with Gasteiger partial charge in [-0.1, -0.05) is 11.6 Å². The van der Waals surface area contributed by atoms with Crippen LogP contribution in [0.1, 0.15) is 10.4 Å². The van der Waals surface area contributed by atoms with Crippen LogP contribution in [-0.2, 0) is 0 Å². The molecule has 0 aliphatic heterocycles. The van der Waals surface area contributed by atoms with Crippen LogP contribution in [0.4, 0.5) is 15.8 Å². The maximum atomic E-state index is 13.2. The van der Waals surface area contributed by atoms with Gasteiger partial charge in [0.25, 0.3) is 5.91 Å². The number of nitrogens with zero attached hydrogens (tertiary/aromatic N) is 1. The van der Waals surface area contributed by atoms with Crippen LogP contribution in [0.3, 0.4) is 0 Å². The third-order valence-corrected chi connectivity index (χ3v) is 3.48. The molecule has 0 aliphatic rings. The lowest BCUT2D eigenvalue weighted by Crippen LogP contribution is -2.12. The minimum atomic E-state index is -0.996.